The van der Waals surface area contributed by atoms with E-state index in [4.69, 9.17) is 18.3 Å². The summed E-state index contributed by atoms with van der Waals surface area (Å²) in [6.45, 7) is 14.3. The second-order valence-corrected chi connectivity index (χ2v) is 24.3. The van der Waals surface area contributed by atoms with E-state index in [1.807, 2.05) is 12.1 Å². The lowest BCUT2D eigenvalue weighted by molar-refractivity contribution is -0.169. The van der Waals surface area contributed by atoms with Gasteiger partial charge >= 0.3 is 16.6 Å². The maximum Gasteiger partial charge on any atom is 0.319 e. The van der Waals surface area contributed by atoms with E-state index < -0.39 is 16.6 Å². The Kier molecular flexibility index (Phi) is 11.6. The van der Waals surface area contributed by atoms with E-state index in [1.54, 1.807) is 0 Å². The van der Waals surface area contributed by atoms with Crippen LogP contribution in [0.4, 0.5) is 0 Å². The molecule has 0 amide bonds. The zero-order valence-electron chi connectivity index (χ0n) is 31.6. The first-order valence-electron chi connectivity index (χ1n) is 18.6. The Morgan fingerprint density at radius 2 is 0.942 bits per heavy atom. The molecule has 0 saturated carbocycles. The summed E-state index contributed by atoms with van der Waals surface area (Å²) in [4.78, 5) is 0. The van der Waals surface area contributed by atoms with Gasteiger partial charge in [0.1, 0.15) is 11.5 Å². The molecule has 1 saturated heterocycles. The molecule has 1 atom stereocenters. The topological polar surface area (TPSA) is 57.2 Å². The molecule has 5 aromatic rings. The van der Waals surface area contributed by atoms with Crippen LogP contribution in [0.1, 0.15) is 71.9 Å². The van der Waals surface area contributed by atoms with Crippen LogP contribution in [0.3, 0.4) is 0 Å². The highest BCUT2D eigenvalue weighted by Crippen LogP contribution is 2.43. The van der Waals surface area contributed by atoms with Gasteiger partial charge in [-0.15, -0.1) is 0 Å². The Morgan fingerprint density at radius 1 is 0.558 bits per heavy atom. The maximum absolute atomic E-state index is 11.4. The molecule has 7 heteroatoms. The Balaban J connectivity index is 1.57. The van der Waals surface area contributed by atoms with Crippen molar-refractivity contribution < 1.29 is 23.4 Å². The molecule has 0 aliphatic carbocycles. The summed E-state index contributed by atoms with van der Waals surface area (Å²) in [6.07, 6.45) is 2.60. The van der Waals surface area contributed by atoms with Crippen LogP contribution in [0.2, 0.25) is 10.1 Å². The van der Waals surface area contributed by atoms with E-state index in [9.17, 15) is 5.11 Å². The highest BCUT2D eigenvalue weighted by atomic mass is 28.4. The SMILES string of the molecule is CC(C)(C)[Si](Oc1ccc(O[Si](c2ccccc2)(c2ccccc2)C(C)(C)C)c(COC2CCCCO2)c1CO)(c1ccccc1)c1ccccc1. The zero-order chi connectivity index (χ0) is 36.8. The lowest BCUT2D eigenvalue weighted by atomic mass is 10.1. The van der Waals surface area contributed by atoms with Crippen LogP contribution in [0, 0.1) is 0 Å². The first kappa shape index (κ1) is 37.8. The quantitative estimate of drug-likeness (QED) is 0.132. The molecule has 1 heterocycles. The Labute approximate surface area is 312 Å². The second kappa shape index (κ2) is 15.9. The summed E-state index contributed by atoms with van der Waals surface area (Å²) in [5, 5.41) is 15.6. The first-order chi connectivity index (χ1) is 25.0. The Hall–Kier alpha value is -3.99. The number of benzene rings is 5. The summed E-state index contributed by atoms with van der Waals surface area (Å²) in [7, 11) is -6.05. The predicted octanol–water partition coefficient (Wildman–Crippen LogP) is 8.10. The average Bonchev–Trinajstić information content (AvgIpc) is 3.16. The fraction of sp³-hybridized carbons (Fsp3) is 0.333. The van der Waals surface area contributed by atoms with E-state index in [0.29, 0.717) is 23.7 Å². The number of hydrogen-bond acceptors (Lipinski definition) is 5. The summed E-state index contributed by atoms with van der Waals surface area (Å²) >= 11 is 0. The van der Waals surface area contributed by atoms with Gasteiger partial charge in [-0.25, -0.2) is 0 Å². The molecule has 272 valence electrons. The minimum absolute atomic E-state index is 0.214. The van der Waals surface area contributed by atoms with Crippen molar-refractivity contribution in [1.82, 2.24) is 0 Å². The normalized spacial score (nSPS) is 15.6. The third-order valence-electron chi connectivity index (χ3n) is 10.4. The van der Waals surface area contributed by atoms with Gasteiger partial charge in [-0.1, -0.05) is 163 Å². The Morgan fingerprint density at radius 3 is 1.27 bits per heavy atom. The smallest absolute Gasteiger partial charge is 0.319 e. The minimum atomic E-state index is -3.03. The molecular weight excluding hydrogens is 677 g/mol. The van der Waals surface area contributed by atoms with Crippen LogP contribution < -0.4 is 29.6 Å². The van der Waals surface area contributed by atoms with Crippen LogP contribution in [0.15, 0.2) is 133 Å². The van der Waals surface area contributed by atoms with Gasteiger partial charge in [0.15, 0.2) is 6.29 Å². The Bertz CT molecular complexity index is 1790. The minimum Gasteiger partial charge on any atom is -0.534 e. The van der Waals surface area contributed by atoms with Gasteiger partial charge in [0.05, 0.1) is 13.2 Å². The summed E-state index contributed by atoms with van der Waals surface area (Å²) < 4.78 is 27.8. The third-order valence-corrected chi connectivity index (χ3v) is 20.3. The fourth-order valence-electron chi connectivity index (χ4n) is 7.82. The highest BCUT2D eigenvalue weighted by Gasteiger charge is 2.54. The van der Waals surface area contributed by atoms with E-state index in [0.717, 1.165) is 24.8 Å². The maximum atomic E-state index is 11.4. The molecular formula is C45H54O5Si2. The molecule has 52 heavy (non-hydrogen) atoms. The summed E-state index contributed by atoms with van der Waals surface area (Å²) in [6, 6.07) is 46.6. The predicted molar refractivity (Wildman–Crippen MR) is 217 cm³/mol. The second-order valence-electron chi connectivity index (χ2n) is 15.8. The van der Waals surface area contributed by atoms with Crippen molar-refractivity contribution >= 4 is 37.4 Å². The molecule has 1 aliphatic rings. The van der Waals surface area contributed by atoms with Crippen molar-refractivity contribution in [2.75, 3.05) is 6.61 Å². The molecule has 0 bridgehead atoms. The van der Waals surface area contributed by atoms with Crippen molar-refractivity contribution in [3.63, 3.8) is 0 Å². The van der Waals surface area contributed by atoms with E-state index in [2.05, 4.69) is 163 Å². The first-order valence-corrected chi connectivity index (χ1v) is 22.4. The monoisotopic (exact) mass is 730 g/mol. The standard InChI is InChI=1S/C45H54O5Si2/c1-44(2,3)51(35-21-11-7-12-22-35,36-23-13-8-14-24-36)49-41-30-31-42(40(39(41)33-46)34-48-43-29-19-20-32-47-43)50-52(45(4,5)6,37-25-15-9-16-26-37)38-27-17-10-18-28-38/h7-18,21-28,30-31,43,46H,19-20,29,32-34H2,1-6H3. The van der Waals surface area contributed by atoms with Crippen molar-refractivity contribution in [2.24, 2.45) is 0 Å². The molecule has 1 aliphatic heterocycles. The third kappa shape index (κ3) is 7.43. The highest BCUT2D eigenvalue weighted by molar-refractivity contribution is 7.00. The van der Waals surface area contributed by atoms with Gasteiger partial charge in [-0.2, -0.15) is 0 Å². The van der Waals surface area contributed by atoms with Crippen molar-refractivity contribution in [3.8, 4) is 11.5 Å². The lowest BCUT2D eigenvalue weighted by Gasteiger charge is -2.44. The number of aliphatic hydroxyl groups excluding tert-OH is 1. The molecule has 0 radical (unpaired) electrons. The van der Waals surface area contributed by atoms with Gasteiger partial charge in [-0.3, -0.25) is 0 Å². The van der Waals surface area contributed by atoms with Crippen molar-refractivity contribution in [1.29, 1.82) is 0 Å². The number of hydrogen-bond donors (Lipinski definition) is 1. The van der Waals surface area contributed by atoms with Crippen LogP contribution in [-0.2, 0) is 22.7 Å². The molecule has 1 fully saturated rings. The molecule has 1 unspecified atom stereocenters. The molecule has 5 aromatic carbocycles. The zero-order valence-corrected chi connectivity index (χ0v) is 33.6. The summed E-state index contributed by atoms with van der Waals surface area (Å²) in [5.74, 6) is 1.35. The van der Waals surface area contributed by atoms with E-state index in [1.165, 1.54) is 20.7 Å². The molecule has 0 spiro atoms. The number of rotatable bonds is 12. The van der Waals surface area contributed by atoms with E-state index in [-0.39, 0.29) is 29.6 Å². The average molecular weight is 731 g/mol. The fourth-order valence-corrected chi connectivity index (χ4v) is 16.7. The van der Waals surface area contributed by atoms with Gasteiger partial charge < -0.3 is 23.4 Å². The summed E-state index contributed by atoms with van der Waals surface area (Å²) in [5.41, 5.74) is 1.47. The van der Waals surface area contributed by atoms with Crippen molar-refractivity contribution in [2.45, 2.75) is 90.4 Å². The largest absolute Gasteiger partial charge is 0.534 e. The van der Waals surface area contributed by atoms with Gasteiger partial charge in [0.2, 0.25) is 0 Å². The van der Waals surface area contributed by atoms with E-state index >= 15 is 0 Å². The molecule has 0 aromatic heterocycles. The van der Waals surface area contributed by atoms with Gasteiger partial charge in [-0.05, 0) is 62.2 Å². The van der Waals surface area contributed by atoms with Crippen LogP contribution in [0.5, 0.6) is 11.5 Å². The molecule has 5 nitrogen and oxygen atoms in total. The molecule has 6 rings (SSSR count). The lowest BCUT2D eigenvalue weighted by Crippen LogP contribution is -2.69. The van der Waals surface area contributed by atoms with Crippen LogP contribution >= 0.6 is 0 Å². The van der Waals surface area contributed by atoms with Gasteiger partial charge in [0.25, 0.3) is 0 Å². The van der Waals surface area contributed by atoms with Crippen LogP contribution in [-0.4, -0.2) is 34.6 Å². The molecule has 1 N–H and O–H groups in total. The number of aliphatic hydroxyl groups is 1. The number of ether oxygens (including phenoxy) is 2. The van der Waals surface area contributed by atoms with Crippen molar-refractivity contribution in [3.05, 3.63) is 145 Å². The van der Waals surface area contributed by atoms with Gasteiger partial charge in [0, 0.05) is 17.7 Å². The van der Waals surface area contributed by atoms with Crippen LogP contribution in [0.25, 0.3) is 0 Å².